The average Bonchev–Trinajstić information content (AvgIpc) is 3.10. The van der Waals surface area contributed by atoms with Crippen LogP contribution in [0.15, 0.2) is 58.7 Å². The van der Waals surface area contributed by atoms with Gasteiger partial charge in [-0.3, -0.25) is 5.10 Å². The second-order valence-corrected chi connectivity index (χ2v) is 7.68. The highest BCUT2D eigenvalue weighted by molar-refractivity contribution is 7.89. The third-order valence-electron chi connectivity index (χ3n) is 4.04. The van der Waals surface area contributed by atoms with Crippen molar-refractivity contribution in [3.8, 4) is 17.0 Å². The largest absolute Gasteiger partial charge is 0.497 e. The molecular weight excluding hydrogens is 364 g/mol. The minimum absolute atomic E-state index is 0.202. The highest BCUT2D eigenvalue weighted by Gasteiger charge is 2.15. The first kappa shape index (κ1) is 18.7. The van der Waals surface area contributed by atoms with Crippen LogP contribution in [0, 0.1) is 13.8 Å². The smallest absolute Gasteiger partial charge is 0.276 e. The topological polar surface area (TPSA) is 96.4 Å². The number of hydrogen-bond donors (Lipinski definition) is 2. The molecule has 0 saturated carbocycles. The van der Waals surface area contributed by atoms with Gasteiger partial charge in [0.25, 0.3) is 10.0 Å². The van der Waals surface area contributed by atoms with Crippen LogP contribution in [0.2, 0.25) is 0 Å². The van der Waals surface area contributed by atoms with E-state index in [0.29, 0.717) is 11.1 Å². The normalized spacial score (nSPS) is 11.7. The molecule has 2 N–H and O–H groups in total. The number of hydrazone groups is 1. The van der Waals surface area contributed by atoms with Gasteiger partial charge in [-0.1, -0.05) is 17.7 Å². The van der Waals surface area contributed by atoms with Gasteiger partial charge in [-0.05, 0) is 49.7 Å². The number of hydrogen-bond acceptors (Lipinski definition) is 5. The maximum Gasteiger partial charge on any atom is 0.276 e. The van der Waals surface area contributed by atoms with Gasteiger partial charge in [-0.2, -0.15) is 18.6 Å². The Labute approximate surface area is 158 Å². The SMILES string of the molecule is COc1ccc(-c2[nH]ncc2/C=N\NS(=O)(=O)c2ccc(C)cc2C)cc1. The number of nitrogens with zero attached hydrogens (tertiary/aromatic N) is 2. The van der Waals surface area contributed by atoms with Crippen molar-refractivity contribution in [3.05, 3.63) is 65.4 Å². The molecule has 140 valence electrons. The third kappa shape index (κ3) is 4.17. The number of aromatic nitrogens is 2. The number of nitrogens with one attached hydrogen (secondary N) is 2. The molecule has 3 rings (SSSR count). The van der Waals surface area contributed by atoms with Crippen LogP contribution in [0.1, 0.15) is 16.7 Å². The van der Waals surface area contributed by atoms with Crippen LogP contribution in [0.4, 0.5) is 0 Å². The summed E-state index contributed by atoms with van der Waals surface area (Å²) in [5.41, 5.74) is 3.93. The van der Waals surface area contributed by atoms with E-state index < -0.39 is 10.0 Å². The molecule has 0 bridgehead atoms. The van der Waals surface area contributed by atoms with Crippen molar-refractivity contribution in [2.45, 2.75) is 18.7 Å². The number of benzene rings is 2. The van der Waals surface area contributed by atoms with Gasteiger partial charge >= 0.3 is 0 Å². The van der Waals surface area contributed by atoms with E-state index in [2.05, 4.69) is 20.1 Å². The van der Waals surface area contributed by atoms with Crippen LogP contribution < -0.4 is 9.57 Å². The Morgan fingerprint density at radius 2 is 1.89 bits per heavy atom. The number of methoxy groups -OCH3 is 1. The van der Waals surface area contributed by atoms with E-state index in [4.69, 9.17) is 4.74 Å². The predicted octanol–water partition coefficient (Wildman–Crippen LogP) is 3.01. The maximum atomic E-state index is 12.5. The van der Waals surface area contributed by atoms with Gasteiger partial charge in [0, 0.05) is 11.1 Å². The summed E-state index contributed by atoms with van der Waals surface area (Å²) in [6.07, 6.45) is 3.00. The minimum atomic E-state index is -3.74. The Balaban J connectivity index is 1.80. The van der Waals surface area contributed by atoms with E-state index in [1.54, 1.807) is 32.4 Å². The molecule has 27 heavy (non-hydrogen) atoms. The van der Waals surface area contributed by atoms with E-state index in [0.717, 1.165) is 22.6 Å². The minimum Gasteiger partial charge on any atom is -0.497 e. The summed E-state index contributed by atoms with van der Waals surface area (Å²) in [4.78, 5) is 2.45. The maximum absolute atomic E-state index is 12.5. The molecule has 0 aliphatic heterocycles. The lowest BCUT2D eigenvalue weighted by Crippen LogP contribution is -2.19. The fourth-order valence-corrected chi connectivity index (χ4v) is 3.72. The molecule has 0 aliphatic rings. The fourth-order valence-electron chi connectivity index (χ4n) is 2.70. The first-order valence-corrected chi connectivity index (χ1v) is 9.69. The Morgan fingerprint density at radius 1 is 1.15 bits per heavy atom. The number of aryl methyl sites for hydroxylation is 2. The van der Waals surface area contributed by atoms with Crippen LogP contribution in [0.25, 0.3) is 11.3 Å². The van der Waals surface area contributed by atoms with Crippen molar-refractivity contribution in [1.82, 2.24) is 15.0 Å². The molecule has 0 fully saturated rings. The van der Waals surface area contributed by atoms with Crippen molar-refractivity contribution in [2.24, 2.45) is 5.10 Å². The Bertz CT molecular complexity index is 1070. The first-order chi connectivity index (χ1) is 12.9. The van der Waals surface area contributed by atoms with E-state index in [1.165, 1.54) is 6.21 Å². The lowest BCUT2D eigenvalue weighted by molar-refractivity contribution is 0.415. The zero-order valence-corrected chi connectivity index (χ0v) is 16.0. The van der Waals surface area contributed by atoms with Gasteiger partial charge in [0.1, 0.15) is 5.75 Å². The second-order valence-electron chi connectivity index (χ2n) is 6.05. The summed E-state index contributed by atoms with van der Waals surface area (Å²) < 4.78 is 30.1. The number of sulfonamides is 1. The van der Waals surface area contributed by atoms with Gasteiger partial charge in [0.2, 0.25) is 0 Å². The Kier molecular flexibility index (Phi) is 5.27. The standard InChI is InChI=1S/C19H20N4O3S/c1-13-4-9-18(14(2)10-13)27(24,25)23-21-12-16-11-20-22-19(16)15-5-7-17(26-3)8-6-15/h4-12,23H,1-3H3,(H,20,22)/b21-12-. The molecule has 0 spiro atoms. The molecule has 0 radical (unpaired) electrons. The van der Waals surface area contributed by atoms with Gasteiger partial charge in [-0.15, -0.1) is 0 Å². The summed E-state index contributed by atoms with van der Waals surface area (Å²) in [6, 6.07) is 12.6. The molecule has 0 atom stereocenters. The number of ether oxygens (including phenoxy) is 1. The summed E-state index contributed by atoms with van der Waals surface area (Å²) >= 11 is 0. The predicted molar refractivity (Wildman–Crippen MR) is 104 cm³/mol. The second kappa shape index (κ2) is 7.63. The van der Waals surface area contributed by atoms with Crippen LogP contribution in [-0.4, -0.2) is 31.9 Å². The van der Waals surface area contributed by atoms with Crippen LogP contribution in [-0.2, 0) is 10.0 Å². The monoisotopic (exact) mass is 384 g/mol. The summed E-state index contributed by atoms with van der Waals surface area (Å²) in [7, 11) is -2.14. The number of H-pyrrole nitrogens is 1. The highest BCUT2D eigenvalue weighted by atomic mass is 32.2. The lowest BCUT2D eigenvalue weighted by Gasteiger charge is -2.07. The molecule has 7 nitrogen and oxygen atoms in total. The lowest BCUT2D eigenvalue weighted by atomic mass is 10.1. The Hall–Kier alpha value is -3.13. The summed E-state index contributed by atoms with van der Waals surface area (Å²) in [5, 5.41) is 10.8. The first-order valence-electron chi connectivity index (χ1n) is 8.20. The molecule has 0 unspecified atom stereocenters. The van der Waals surface area contributed by atoms with Crippen LogP contribution in [0.5, 0.6) is 5.75 Å². The van der Waals surface area contributed by atoms with Gasteiger partial charge in [-0.25, -0.2) is 4.83 Å². The van der Waals surface area contributed by atoms with Crippen molar-refractivity contribution >= 4 is 16.2 Å². The molecule has 8 heteroatoms. The molecule has 1 aromatic heterocycles. The zero-order valence-electron chi connectivity index (χ0n) is 15.2. The van der Waals surface area contributed by atoms with Crippen molar-refractivity contribution in [3.63, 3.8) is 0 Å². The molecule has 2 aromatic carbocycles. The molecule has 0 amide bonds. The van der Waals surface area contributed by atoms with Gasteiger partial charge in [0.15, 0.2) is 0 Å². The molecule has 0 saturated heterocycles. The zero-order chi connectivity index (χ0) is 19.4. The van der Waals surface area contributed by atoms with E-state index in [9.17, 15) is 8.42 Å². The molecule has 0 aliphatic carbocycles. The Morgan fingerprint density at radius 3 is 2.56 bits per heavy atom. The van der Waals surface area contributed by atoms with Crippen molar-refractivity contribution in [1.29, 1.82) is 0 Å². The summed E-state index contributed by atoms with van der Waals surface area (Å²) in [6.45, 7) is 3.66. The fraction of sp³-hybridized carbons (Fsp3) is 0.158. The molecule has 1 heterocycles. The highest BCUT2D eigenvalue weighted by Crippen LogP contribution is 2.23. The van der Waals surface area contributed by atoms with Crippen LogP contribution >= 0.6 is 0 Å². The van der Waals surface area contributed by atoms with E-state index >= 15 is 0 Å². The molecule has 3 aromatic rings. The van der Waals surface area contributed by atoms with E-state index in [1.807, 2.05) is 37.3 Å². The van der Waals surface area contributed by atoms with Crippen molar-refractivity contribution in [2.75, 3.05) is 7.11 Å². The van der Waals surface area contributed by atoms with Gasteiger partial charge in [0.05, 0.1) is 30.1 Å². The number of rotatable bonds is 6. The third-order valence-corrected chi connectivity index (χ3v) is 5.43. The van der Waals surface area contributed by atoms with Crippen molar-refractivity contribution < 1.29 is 13.2 Å². The quantitative estimate of drug-likeness (QED) is 0.504. The van der Waals surface area contributed by atoms with Gasteiger partial charge < -0.3 is 4.74 Å². The number of aromatic amines is 1. The molecular formula is C19H20N4O3S. The summed E-state index contributed by atoms with van der Waals surface area (Å²) in [5.74, 6) is 0.745. The van der Waals surface area contributed by atoms with E-state index in [-0.39, 0.29) is 4.90 Å². The van der Waals surface area contributed by atoms with Crippen LogP contribution in [0.3, 0.4) is 0 Å². The average molecular weight is 384 g/mol.